The Labute approximate surface area is 73.9 Å². The molecular weight excluding hydrogens is 174 g/mol. The van der Waals surface area contributed by atoms with Crippen LogP contribution in [-0.4, -0.2) is 0 Å². The third-order valence-corrected chi connectivity index (χ3v) is 1.48. The molecule has 0 heterocycles. The van der Waals surface area contributed by atoms with Crippen LogP contribution in [0, 0.1) is 29.5 Å². The molecule has 0 amide bonds. The largest absolute Gasteiger partial charge is 0.312 e. The quantitative estimate of drug-likeness (QED) is 0.606. The molecule has 0 unspecified atom stereocenters. The fourth-order valence-corrected chi connectivity index (χ4v) is 0.915. The molecule has 4 heteroatoms. The Morgan fingerprint density at radius 2 is 1.92 bits per heavy atom. The Kier molecular flexibility index (Phi) is 2.56. The van der Waals surface area contributed by atoms with Crippen molar-refractivity contribution in [1.82, 2.24) is 0 Å². The number of nitriles is 1. The second-order valence-electron chi connectivity index (χ2n) is 2.36. The molecule has 0 aromatic heterocycles. The number of benzene rings is 1. The molecule has 13 heavy (non-hydrogen) atoms. The first kappa shape index (κ1) is 9.15. The molecule has 1 aromatic rings. The molecule has 2 nitrogen and oxygen atoms in total. The minimum Gasteiger partial charge on any atom is -0.312 e. The topological polar surface area (TPSA) is 28.1 Å². The summed E-state index contributed by atoms with van der Waals surface area (Å²) in [6.07, 6.45) is 0. The maximum atomic E-state index is 12.9. The second-order valence-corrected chi connectivity index (χ2v) is 2.36. The number of halogens is 2. The van der Waals surface area contributed by atoms with Crippen LogP contribution in [-0.2, 0) is 6.54 Å². The summed E-state index contributed by atoms with van der Waals surface area (Å²) in [5.41, 5.74) is -0.363. The average Bonchev–Trinajstić information content (AvgIpc) is 2.04. The van der Waals surface area contributed by atoms with Crippen molar-refractivity contribution in [2.24, 2.45) is 0 Å². The molecule has 0 aliphatic carbocycles. The zero-order chi connectivity index (χ0) is 9.84. The van der Waals surface area contributed by atoms with E-state index < -0.39 is 17.2 Å². The van der Waals surface area contributed by atoms with E-state index in [-0.39, 0.29) is 12.1 Å². The van der Waals surface area contributed by atoms with E-state index in [0.717, 1.165) is 12.1 Å². The summed E-state index contributed by atoms with van der Waals surface area (Å²) in [4.78, 5) is 2.98. The molecule has 0 spiro atoms. The van der Waals surface area contributed by atoms with Crippen molar-refractivity contribution in [3.63, 3.8) is 0 Å². The standard InChI is InChI=1S/C9H4F2N2/c1-13-5-6-2-8(10)7(4-12)9(11)3-6/h2-3H,5H2. The second kappa shape index (κ2) is 3.64. The predicted octanol–water partition coefficient (Wildman–Crippen LogP) is 2.26. The van der Waals surface area contributed by atoms with Crippen molar-refractivity contribution < 1.29 is 8.78 Å². The maximum absolute atomic E-state index is 12.9. The van der Waals surface area contributed by atoms with Gasteiger partial charge in [-0.1, -0.05) is 0 Å². The van der Waals surface area contributed by atoms with Crippen molar-refractivity contribution in [1.29, 1.82) is 5.26 Å². The van der Waals surface area contributed by atoms with E-state index in [1.807, 2.05) is 0 Å². The number of rotatable bonds is 1. The molecule has 0 saturated carbocycles. The fraction of sp³-hybridized carbons (Fsp3) is 0.111. The van der Waals surface area contributed by atoms with Gasteiger partial charge in [0.1, 0.15) is 23.3 Å². The molecule has 0 N–H and O–H groups in total. The SMILES string of the molecule is [C-]#[N+]Cc1cc(F)c(C#N)c(F)c1. The van der Waals surface area contributed by atoms with Gasteiger partial charge in [-0.15, -0.1) is 0 Å². The summed E-state index contributed by atoms with van der Waals surface area (Å²) in [5, 5.41) is 8.33. The molecule has 0 saturated heterocycles. The van der Waals surface area contributed by atoms with Gasteiger partial charge in [0.05, 0.1) is 0 Å². The third-order valence-electron chi connectivity index (χ3n) is 1.48. The van der Waals surface area contributed by atoms with Crippen LogP contribution in [0.1, 0.15) is 11.1 Å². The lowest BCUT2D eigenvalue weighted by Gasteiger charge is -1.97. The van der Waals surface area contributed by atoms with Crippen LogP contribution in [0.5, 0.6) is 0 Å². The fourth-order valence-electron chi connectivity index (χ4n) is 0.915. The molecule has 1 aromatic carbocycles. The van der Waals surface area contributed by atoms with Gasteiger partial charge >= 0.3 is 0 Å². The Balaban J connectivity index is 3.24. The summed E-state index contributed by atoms with van der Waals surface area (Å²) in [5.74, 6) is -1.83. The van der Waals surface area contributed by atoms with Crippen molar-refractivity contribution in [2.45, 2.75) is 6.54 Å². The van der Waals surface area contributed by atoms with Crippen LogP contribution >= 0.6 is 0 Å². The molecule has 0 aliphatic heterocycles. The highest BCUT2D eigenvalue weighted by molar-refractivity contribution is 5.35. The number of hydrogen-bond acceptors (Lipinski definition) is 1. The lowest BCUT2D eigenvalue weighted by Crippen LogP contribution is -1.93. The Morgan fingerprint density at radius 3 is 2.31 bits per heavy atom. The maximum Gasteiger partial charge on any atom is 0.239 e. The predicted molar refractivity (Wildman–Crippen MR) is 41.4 cm³/mol. The van der Waals surface area contributed by atoms with Crippen LogP contribution in [0.25, 0.3) is 4.85 Å². The van der Waals surface area contributed by atoms with E-state index in [9.17, 15) is 8.78 Å². The molecule has 0 atom stereocenters. The van der Waals surface area contributed by atoms with Crippen LogP contribution in [0.3, 0.4) is 0 Å². The van der Waals surface area contributed by atoms with E-state index in [0.29, 0.717) is 0 Å². The summed E-state index contributed by atoms with van der Waals surface area (Å²) >= 11 is 0. The van der Waals surface area contributed by atoms with Gasteiger partial charge in [0, 0.05) is 5.56 Å². The van der Waals surface area contributed by atoms with Crippen LogP contribution in [0.2, 0.25) is 0 Å². The molecule has 0 radical (unpaired) electrons. The first-order valence-corrected chi connectivity index (χ1v) is 3.40. The Bertz CT molecular complexity index is 390. The minimum atomic E-state index is -0.916. The Hall–Kier alpha value is -1.94. The van der Waals surface area contributed by atoms with E-state index in [1.54, 1.807) is 0 Å². The minimum absolute atomic E-state index is 0.0838. The molecular formula is C9H4F2N2. The van der Waals surface area contributed by atoms with Crippen LogP contribution < -0.4 is 0 Å². The molecule has 0 bridgehead atoms. The van der Waals surface area contributed by atoms with Gasteiger partial charge in [-0.05, 0) is 12.1 Å². The highest BCUT2D eigenvalue weighted by Gasteiger charge is 2.11. The van der Waals surface area contributed by atoms with Crippen molar-refractivity contribution in [2.75, 3.05) is 0 Å². The molecule has 1 rings (SSSR count). The summed E-state index contributed by atoms with van der Waals surface area (Å²) in [6.45, 7) is 6.41. The smallest absolute Gasteiger partial charge is 0.239 e. The average molecular weight is 178 g/mol. The zero-order valence-corrected chi connectivity index (χ0v) is 6.51. The van der Waals surface area contributed by atoms with E-state index in [4.69, 9.17) is 11.8 Å². The van der Waals surface area contributed by atoms with Gasteiger partial charge in [-0.3, -0.25) is 0 Å². The first-order valence-electron chi connectivity index (χ1n) is 3.40. The number of hydrogen-bond donors (Lipinski definition) is 0. The number of nitrogens with zero attached hydrogens (tertiary/aromatic N) is 2. The van der Waals surface area contributed by atoms with Gasteiger partial charge in [-0.2, -0.15) is 5.26 Å². The first-order chi connectivity index (χ1) is 6.19. The molecule has 0 fully saturated rings. The van der Waals surface area contributed by atoms with E-state index >= 15 is 0 Å². The van der Waals surface area contributed by atoms with Crippen molar-refractivity contribution in [3.8, 4) is 6.07 Å². The lowest BCUT2D eigenvalue weighted by molar-refractivity contribution is 0.574. The molecule has 0 aliphatic rings. The van der Waals surface area contributed by atoms with Crippen molar-refractivity contribution in [3.05, 3.63) is 46.3 Å². The summed E-state index contributed by atoms with van der Waals surface area (Å²) < 4.78 is 25.7. The monoisotopic (exact) mass is 178 g/mol. The highest BCUT2D eigenvalue weighted by Crippen LogP contribution is 2.14. The highest BCUT2D eigenvalue weighted by atomic mass is 19.1. The van der Waals surface area contributed by atoms with Gasteiger partial charge < -0.3 is 4.85 Å². The molecule has 64 valence electrons. The van der Waals surface area contributed by atoms with E-state index in [2.05, 4.69) is 4.85 Å². The van der Waals surface area contributed by atoms with Gasteiger partial charge in [0.2, 0.25) is 6.54 Å². The summed E-state index contributed by atoms with van der Waals surface area (Å²) in [6, 6.07) is 3.40. The van der Waals surface area contributed by atoms with Crippen molar-refractivity contribution >= 4 is 0 Å². The Morgan fingerprint density at radius 1 is 1.38 bits per heavy atom. The summed E-state index contributed by atoms with van der Waals surface area (Å²) in [7, 11) is 0. The van der Waals surface area contributed by atoms with Gasteiger partial charge in [0.15, 0.2) is 0 Å². The van der Waals surface area contributed by atoms with Gasteiger partial charge in [-0.25, -0.2) is 15.4 Å². The lowest BCUT2D eigenvalue weighted by atomic mass is 10.1. The third kappa shape index (κ3) is 1.80. The van der Waals surface area contributed by atoms with Crippen LogP contribution in [0.4, 0.5) is 8.78 Å². The van der Waals surface area contributed by atoms with Gasteiger partial charge in [0.25, 0.3) is 0 Å². The normalized spacial score (nSPS) is 8.92. The van der Waals surface area contributed by atoms with Crippen LogP contribution in [0.15, 0.2) is 12.1 Å². The van der Waals surface area contributed by atoms with E-state index in [1.165, 1.54) is 6.07 Å². The zero-order valence-electron chi connectivity index (χ0n) is 6.51.